The normalized spacial score (nSPS) is 11.0. The molecule has 0 saturated heterocycles. The number of carbonyl (C=O) groups is 1. The summed E-state index contributed by atoms with van der Waals surface area (Å²) in [4.78, 5) is 12.1. The summed E-state index contributed by atoms with van der Waals surface area (Å²) in [5.74, 6) is 0.368. The molecule has 3 aromatic carbocycles. The highest BCUT2D eigenvalue weighted by molar-refractivity contribution is 6.08. The maximum atomic E-state index is 12.1. The minimum atomic E-state index is -0.219. The zero-order valence-corrected chi connectivity index (χ0v) is 13.2. The van der Waals surface area contributed by atoms with Gasteiger partial charge in [-0.2, -0.15) is 0 Å². The SMILES string of the molecule is O=C(CCn1c2ccccc2c2ccccc21)Oc1ccccc1. The highest BCUT2D eigenvalue weighted by Gasteiger charge is 2.11. The molecule has 0 aliphatic heterocycles. The molecule has 0 aliphatic rings. The van der Waals surface area contributed by atoms with E-state index < -0.39 is 0 Å². The number of para-hydroxylation sites is 3. The smallest absolute Gasteiger partial charge is 0.312 e. The third-order valence-corrected chi connectivity index (χ3v) is 4.19. The van der Waals surface area contributed by atoms with E-state index in [0.717, 1.165) is 11.0 Å². The lowest BCUT2D eigenvalue weighted by Gasteiger charge is -2.08. The monoisotopic (exact) mass is 315 g/mol. The molecule has 0 radical (unpaired) electrons. The van der Waals surface area contributed by atoms with E-state index in [2.05, 4.69) is 28.8 Å². The number of aryl methyl sites for hydroxylation is 1. The predicted octanol–water partition coefficient (Wildman–Crippen LogP) is 4.79. The molecule has 0 unspecified atom stereocenters. The number of benzene rings is 3. The van der Waals surface area contributed by atoms with E-state index in [1.165, 1.54) is 10.8 Å². The van der Waals surface area contributed by atoms with Crippen molar-refractivity contribution in [2.75, 3.05) is 0 Å². The number of fused-ring (bicyclic) bond motifs is 3. The zero-order chi connectivity index (χ0) is 16.4. The van der Waals surface area contributed by atoms with Gasteiger partial charge in [-0.1, -0.05) is 54.6 Å². The quantitative estimate of drug-likeness (QED) is 0.400. The Bertz CT molecular complexity index is 949. The van der Waals surface area contributed by atoms with Crippen molar-refractivity contribution in [1.29, 1.82) is 0 Å². The summed E-state index contributed by atoms with van der Waals surface area (Å²) >= 11 is 0. The minimum Gasteiger partial charge on any atom is -0.426 e. The second kappa shape index (κ2) is 6.20. The third kappa shape index (κ3) is 2.65. The van der Waals surface area contributed by atoms with Gasteiger partial charge in [-0.25, -0.2) is 0 Å². The van der Waals surface area contributed by atoms with Crippen LogP contribution in [0.5, 0.6) is 5.75 Å². The fraction of sp³-hybridized carbons (Fsp3) is 0.0952. The Labute approximate surface area is 140 Å². The Morgan fingerprint density at radius 1 is 0.750 bits per heavy atom. The van der Waals surface area contributed by atoms with Crippen molar-refractivity contribution in [3.05, 3.63) is 78.9 Å². The van der Waals surface area contributed by atoms with Gasteiger partial charge in [0.15, 0.2) is 0 Å². The molecule has 4 rings (SSSR count). The standard InChI is InChI=1S/C21H17NO2/c23-21(24-16-8-2-1-3-9-16)14-15-22-19-12-6-4-10-17(19)18-11-5-7-13-20(18)22/h1-13H,14-15H2. The number of carbonyl (C=O) groups excluding carboxylic acids is 1. The number of hydrogen-bond acceptors (Lipinski definition) is 2. The van der Waals surface area contributed by atoms with E-state index >= 15 is 0 Å². The highest BCUT2D eigenvalue weighted by Crippen LogP contribution is 2.28. The van der Waals surface area contributed by atoms with Crippen LogP contribution in [0.4, 0.5) is 0 Å². The van der Waals surface area contributed by atoms with Gasteiger partial charge < -0.3 is 9.30 Å². The van der Waals surface area contributed by atoms with Crippen LogP contribution in [-0.4, -0.2) is 10.5 Å². The van der Waals surface area contributed by atoms with Crippen LogP contribution in [0.25, 0.3) is 21.8 Å². The second-order valence-electron chi connectivity index (χ2n) is 5.72. The topological polar surface area (TPSA) is 31.2 Å². The zero-order valence-electron chi connectivity index (χ0n) is 13.2. The first-order chi connectivity index (χ1) is 11.8. The Morgan fingerprint density at radius 3 is 1.92 bits per heavy atom. The molecule has 1 aromatic heterocycles. The molecule has 3 heteroatoms. The van der Waals surface area contributed by atoms with Crippen LogP contribution in [0.15, 0.2) is 78.9 Å². The van der Waals surface area contributed by atoms with Crippen LogP contribution in [-0.2, 0) is 11.3 Å². The van der Waals surface area contributed by atoms with Crippen molar-refractivity contribution in [2.24, 2.45) is 0 Å². The average molecular weight is 315 g/mol. The molecule has 0 atom stereocenters. The Balaban J connectivity index is 1.61. The Morgan fingerprint density at radius 2 is 1.29 bits per heavy atom. The van der Waals surface area contributed by atoms with Gasteiger partial charge in [-0.15, -0.1) is 0 Å². The summed E-state index contributed by atoms with van der Waals surface area (Å²) in [6.07, 6.45) is 0.331. The molecule has 0 bridgehead atoms. The van der Waals surface area contributed by atoms with E-state index in [4.69, 9.17) is 4.74 Å². The first kappa shape index (κ1) is 14.5. The molecule has 0 saturated carbocycles. The van der Waals surface area contributed by atoms with E-state index in [9.17, 15) is 4.79 Å². The summed E-state index contributed by atoms with van der Waals surface area (Å²) in [7, 11) is 0. The van der Waals surface area contributed by atoms with Gasteiger partial charge in [0.25, 0.3) is 0 Å². The minimum absolute atomic E-state index is 0.219. The molecule has 0 spiro atoms. The molecule has 1 heterocycles. The maximum Gasteiger partial charge on any atom is 0.312 e. The van der Waals surface area contributed by atoms with Crippen molar-refractivity contribution >= 4 is 27.8 Å². The summed E-state index contributed by atoms with van der Waals surface area (Å²) in [6, 6.07) is 25.8. The largest absolute Gasteiger partial charge is 0.426 e. The van der Waals surface area contributed by atoms with Gasteiger partial charge in [-0.05, 0) is 24.3 Å². The van der Waals surface area contributed by atoms with Crippen LogP contribution < -0.4 is 4.74 Å². The van der Waals surface area contributed by atoms with Crippen LogP contribution in [0, 0.1) is 0 Å². The fourth-order valence-corrected chi connectivity index (χ4v) is 3.12. The van der Waals surface area contributed by atoms with Crippen LogP contribution in [0.3, 0.4) is 0 Å². The molecule has 0 fully saturated rings. The molecular weight excluding hydrogens is 298 g/mol. The van der Waals surface area contributed by atoms with Gasteiger partial charge in [0, 0.05) is 28.4 Å². The van der Waals surface area contributed by atoms with Gasteiger partial charge in [-0.3, -0.25) is 4.79 Å². The number of ether oxygens (including phenoxy) is 1. The number of nitrogens with zero attached hydrogens (tertiary/aromatic N) is 1. The number of rotatable bonds is 4. The average Bonchev–Trinajstić information content (AvgIpc) is 2.95. The lowest BCUT2D eigenvalue weighted by Crippen LogP contribution is -2.11. The summed E-state index contributed by atoms with van der Waals surface area (Å²) in [5.41, 5.74) is 2.29. The summed E-state index contributed by atoms with van der Waals surface area (Å²) in [6.45, 7) is 0.597. The number of esters is 1. The van der Waals surface area contributed by atoms with Gasteiger partial charge in [0.1, 0.15) is 5.75 Å². The molecule has 4 aromatic rings. The third-order valence-electron chi connectivity index (χ3n) is 4.19. The molecule has 0 amide bonds. The maximum absolute atomic E-state index is 12.1. The van der Waals surface area contributed by atoms with Crippen LogP contribution in [0.2, 0.25) is 0 Å². The van der Waals surface area contributed by atoms with Crippen LogP contribution >= 0.6 is 0 Å². The number of hydrogen-bond donors (Lipinski definition) is 0. The fourth-order valence-electron chi connectivity index (χ4n) is 3.12. The number of aromatic nitrogens is 1. The van der Waals surface area contributed by atoms with Gasteiger partial charge >= 0.3 is 5.97 Å². The van der Waals surface area contributed by atoms with E-state index in [-0.39, 0.29) is 5.97 Å². The second-order valence-corrected chi connectivity index (χ2v) is 5.72. The molecule has 0 N–H and O–H groups in total. The lowest BCUT2D eigenvalue weighted by molar-refractivity contribution is -0.134. The summed E-state index contributed by atoms with van der Waals surface area (Å²) in [5, 5.41) is 2.43. The van der Waals surface area contributed by atoms with Crippen molar-refractivity contribution in [1.82, 2.24) is 4.57 Å². The van der Waals surface area contributed by atoms with Gasteiger partial charge in [0.05, 0.1) is 6.42 Å². The first-order valence-electron chi connectivity index (χ1n) is 8.04. The lowest BCUT2D eigenvalue weighted by atomic mass is 10.2. The van der Waals surface area contributed by atoms with Crippen molar-refractivity contribution in [3.8, 4) is 5.75 Å². The van der Waals surface area contributed by atoms with Crippen molar-refractivity contribution in [3.63, 3.8) is 0 Å². The van der Waals surface area contributed by atoms with Crippen LogP contribution in [0.1, 0.15) is 6.42 Å². The Kier molecular flexibility index (Phi) is 3.75. The van der Waals surface area contributed by atoms with Crippen molar-refractivity contribution < 1.29 is 9.53 Å². The first-order valence-corrected chi connectivity index (χ1v) is 8.04. The molecule has 3 nitrogen and oxygen atoms in total. The highest BCUT2D eigenvalue weighted by atomic mass is 16.5. The van der Waals surface area contributed by atoms with E-state index in [1.807, 2.05) is 42.5 Å². The predicted molar refractivity (Wildman–Crippen MR) is 96.1 cm³/mol. The Hall–Kier alpha value is -3.07. The molecule has 24 heavy (non-hydrogen) atoms. The van der Waals surface area contributed by atoms with E-state index in [0.29, 0.717) is 18.7 Å². The summed E-state index contributed by atoms with van der Waals surface area (Å²) < 4.78 is 7.58. The molecular formula is C21H17NO2. The van der Waals surface area contributed by atoms with E-state index in [1.54, 1.807) is 12.1 Å². The molecule has 118 valence electrons. The van der Waals surface area contributed by atoms with Crippen molar-refractivity contribution in [2.45, 2.75) is 13.0 Å². The molecule has 0 aliphatic carbocycles. The van der Waals surface area contributed by atoms with Gasteiger partial charge in [0.2, 0.25) is 0 Å².